The van der Waals surface area contributed by atoms with Gasteiger partial charge >= 0.3 is 0 Å². The van der Waals surface area contributed by atoms with Crippen molar-refractivity contribution in [3.8, 4) is 11.1 Å². The van der Waals surface area contributed by atoms with Crippen LogP contribution in [0.1, 0.15) is 85.3 Å². The molecule has 3 aromatic carbocycles. The summed E-state index contributed by atoms with van der Waals surface area (Å²) in [4.78, 5) is 0. The molecule has 0 saturated heterocycles. The number of hydrogen-bond donors (Lipinski definition) is 5. The zero-order valence-electron chi connectivity index (χ0n) is 35.0. The molecule has 0 spiro atoms. The minimum absolute atomic E-state index is 0.858. The third-order valence-corrected chi connectivity index (χ3v) is 6.55. The number of rotatable bonds is 14. The molecule has 0 saturated carbocycles. The number of allylic oxidation sites excluding steroid dienone is 6. The summed E-state index contributed by atoms with van der Waals surface area (Å²) in [6.45, 7) is 32.6. The molecule has 3 aromatic rings. The van der Waals surface area contributed by atoms with Crippen molar-refractivity contribution in [1.29, 1.82) is 0 Å². The van der Waals surface area contributed by atoms with E-state index in [1.807, 2.05) is 54.8 Å². The van der Waals surface area contributed by atoms with E-state index in [9.17, 15) is 0 Å². The van der Waals surface area contributed by atoms with Gasteiger partial charge in [-0.3, -0.25) is 0 Å². The second kappa shape index (κ2) is 40.8. The maximum Gasteiger partial charge on any atom is 0.0347 e. The van der Waals surface area contributed by atoms with Gasteiger partial charge in [0, 0.05) is 30.0 Å². The minimum Gasteiger partial charge on any atom is -0.405 e. The van der Waals surface area contributed by atoms with Crippen LogP contribution in [0.3, 0.4) is 0 Å². The number of nitrogens with two attached hydrogens (primary N) is 2. The lowest BCUT2D eigenvalue weighted by Crippen LogP contribution is -2.16. The van der Waals surface area contributed by atoms with E-state index in [-0.39, 0.29) is 0 Å². The number of nitrogens with one attached hydrogen (secondary N) is 3. The number of aryl methyl sites for hydroxylation is 1. The fourth-order valence-corrected chi connectivity index (χ4v) is 4.24. The van der Waals surface area contributed by atoms with Gasteiger partial charge in [-0.1, -0.05) is 151 Å². The monoisotopic (exact) mass is 712 g/mol. The lowest BCUT2D eigenvalue weighted by Gasteiger charge is -2.15. The molecule has 52 heavy (non-hydrogen) atoms. The van der Waals surface area contributed by atoms with E-state index < -0.39 is 0 Å². The summed E-state index contributed by atoms with van der Waals surface area (Å²) in [6, 6.07) is 27.4. The average molecular weight is 712 g/mol. The van der Waals surface area contributed by atoms with Gasteiger partial charge in [-0.2, -0.15) is 0 Å². The molecule has 5 nitrogen and oxygen atoms in total. The Balaban J connectivity index is -0.000000378. The average Bonchev–Trinajstić information content (AvgIpc) is 3.20. The van der Waals surface area contributed by atoms with Crippen LogP contribution in [0, 0.1) is 6.92 Å². The van der Waals surface area contributed by atoms with Crippen molar-refractivity contribution in [3.05, 3.63) is 157 Å². The predicted molar refractivity (Wildman–Crippen MR) is 242 cm³/mol. The highest BCUT2D eigenvalue weighted by Crippen LogP contribution is 2.27. The van der Waals surface area contributed by atoms with Gasteiger partial charge in [-0.25, -0.2) is 0 Å². The predicted octanol–water partition coefficient (Wildman–Crippen LogP) is 12.1. The zero-order valence-corrected chi connectivity index (χ0v) is 35.0. The van der Waals surface area contributed by atoms with Gasteiger partial charge in [0.2, 0.25) is 0 Å². The first-order chi connectivity index (χ1) is 25.3. The van der Waals surface area contributed by atoms with E-state index >= 15 is 0 Å². The van der Waals surface area contributed by atoms with E-state index in [0.717, 1.165) is 61.2 Å². The minimum atomic E-state index is 0.858. The van der Waals surface area contributed by atoms with Crippen molar-refractivity contribution in [2.75, 3.05) is 39.5 Å². The van der Waals surface area contributed by atoms with Gasteiger partial charge in [0.15, 0.2) is 0 Å². The van der Waals surface area contributed by atoms with Crippen molar-refractivity contribution in [3.63, 3.8) is 0 Å². The first-order valence-electron chi connectivity index (χ1n) is 18.8. The highest BCUT2D eigenvalue weighted by Gasteiger charge is 2.07. The van der Waals surface area contributed by atoms with Gasteiger partial charge in [-0.15, -0.1) is 13.2 Å². The summed E-state index contributed by atoms with van der Waals surface area (Å²) in [6.07, 6.45) is 12.1. The lowest BCUT2D eigenvalue weighted by molar-refractivity contribution is 0.792. The fourth-order valence-electron chi connectivity index (χ4n) is 4.24. The maximum absolute atomic E-state index is 5.45. The summed E-state index contributed by atoms with van der Waals surface area (Å²) < 4.78 is 0. The summed E-state index contributed by atoms with van der Waals surface area (Å²) >= 11 is 0. The summed E-state index contributed by atoms with van der Waals surface area (Å²) in [5.41, 5.74) is 20.5. The van der Waals surface area contributed by atoms with E-state index in [0.29, 0.717) is 0 Å². The Morgan fingerprint density at radius 3 is 1.83 bits per heavy atom. The Bertz CT molecular complexity index is 1340. The Morgan fingerprint density at radius 2 is 1.31 bits per heavy atom. The molecular formula is C47H77N5. The van der Waals surface area contributed by atoms with Crippen LogP contribution < -0.4 is 27.4 Å². The van der Waals surface area contributed by atoms with Crippen LogP contribution in [-0.2, 0) is 0 Å². The molecule has 0 bridgehead atoms. The van der Waals surface area contributed by atoms with E-state index in [4.69, 9.17) is 5.73 Å². The topological polar surface area (TPSA) is 88.1 Å². The normalized spacial score (nSPS) is 9.85. The van der Waals surface area contributed by atoms with Crippen LogP contribution in [0.15, 0.2) is 146 Å². The quantitative estimate of drug-likeness (QED) is 0.0653. The van der Waals surface area contributed by atoms with Crippen LogP contribution >= 0.6 is 0 Å². The van der Waals surface area contributed by atoms with Crippen molar-refractivity contribution in [1.82, 2.24) is 10.6 Å². The molecule has 3 rings (SSSR count). The Kier molecular flexibility index (Phi) is 42.6. The fraction of sp³-hybridized carbons (Fsp3) is 0.362. The van der Waals surface area contributed by atoms with Crippen LogP contribution in [0.4, 0.5) is 5.69 Å². The zero-order chi connectivity index (χ0) is 40.6. The molecule has 290 valence electrons. The molecule has 0 aliphatic heterocycles. The first-order valence-corrected chi connectivity index (χ1v) is 18.8. The smallest absolute Gasteiger partial charge is 0.0347 e. The third-order valence-electron chi connectivity index (χ3n) is 6.55. The summed E-state index contributed by atoms with van der Waals surface area (Å²) in [5, 5.41) is 9.67. The summed E-state index contributed by atoms with van der Waals surface area (Å²) in [5.74, 6) is 0. The molecule has 0 aliphatic rings. The van der Waals surface area contributed by atoms with Gasteiger partial charge in [0.05, 0.1) is 0 Å². The second-order valence-electron chi connectivity index (χ2n) is 10.6. The van der Waals surface area contributed by atoms with Gasteiger partial charge in [0.25, 0.3) is 0 Å². The Morgan fingerprint density at radius 1 is 0.769 bits per heavy atom. The highest BCUT2D eigenvalue weighted by molar-refractivity contribution is 5.79. The maximum atomic E-state index is 5.45. The van der Waals surface area contributed by atoms with Gasteiger partial charge in [-0.05, 0) is 101 Å². The van der Waals surface area contributed by atoms with Gasteiger partial charge < -0.3 is 27.4 Å². The van der Waals surface area contributed by atoms with Crippen LogP contribution in [0.2, 0.25) is 0 Å². The van der Waals surface area contributed by atoms with Crippen molar-refractivity contribution in [2.45, 2.75) is 81.1 Å². The molecule has 0 unspecified atom stereocenters. The summed E-state index contributed by atoms with van der Waals surface area (Å²) in [7, 11) is 5.25. The molecule has 0 radical (unpaired) electrons. The number of hydrogen-bond acceptors (Lipinski definition) is 5. The van der Waals surface area contributed by atoms with E-state index in [1.54, 1.807) is 6.20 Å². The molecule has 0 heterocycles. The van der Waals surface area contributed by atoms with Gasteiger partial charge in [0.1, 0.15) is 0 Å². The van der Waals surface area contributed by atoms with Crippen molar-refractivity contribution < 1.29 is 0 Å². The van der Waals surface area contributed by atoms with Crippen LogP contribution in [0.5, 0.6) is 0 Å². The van der Waals surface area contributed by atoms with E-state index in [2.05, 4.69) is 160 Å². The van der Waals surface area contributed by atoms with Crippen LogP contribution in [0.25, 0.3) is 16.8 Å². The molecular weight excluding hydrogens is 635 g/mol. The first kappa shape index (κ1) is 54.2. The standard InChI is InChI=1S/C24H26N2.C14H23N.C2H7N.2C2H6.C2H4.CH5N/c1-19-13-15-22(16-14-19)26-18-8-17-25-20(2)23-11-6-7-12-24(23)21-9-4-3-5-10-21;1-5-7-9-14(8-6-2)13(4)10-12(3)11-15;1-3-2;4*1-2/h3-7,9-16,25-26H,2,8,17-18H2,1H3;7-9,11H,4-6,10,15H2,1-3H3;3H,1-2H3;2*1-2H3;1-2H2;2H2,1H3/b;9-7-,12-11+,14-8+;;;;;. The number of anilines is 1. The Hall–Kier alpha value is -4.58. The molecule has 0 aliphatic carbocycles. The number of benzene rings is 3. The molecule has 7 N–H and O–H groups in total. The molecule has 0 fully saturated rings. The lowest BCUT2D eigenvalue weighted by atomic mass is 9.98. The molecule has 0 aromatic heterocycles. The molecule has 0 atom stereocenters. The third kappa shape index (κ3) is 27.2. The van der Waals surface area contributed by atoms with E-state index in [1.165, 1.54) is 35.0 Å². The van der Waals surface area contributed by atoms with Crippen molar-refractivity contribution >= 4 is 11.4 Å². The van der Waals surface area contributed by atoms with Crippen LogP contribution in [-0.4, -0.2) is 34.2 Å². The largest absolute Gasteiger partial charge is 0.405 e. The molecule has 0 amide bonds. The highest BCUT2D eigenvalue weighted by atomic mass is 14.9. The SMILES string of the molecule is C=C.C=C(C/C(C)=C/N)C(/C=C\CC)=C/CC.C=C(NCCCNc1ccc(C)cc1)c1ccccc1-c1ccccc1.CC.CC.CN.CNC. The van der Waals surface area contributed by atoms with Crippen molar-refractivity contribution in [2.24, 2.45) is 11.5 Å². The molecule has 5 heteroatoms. The second-order valence-corrected chi connectivity index (χ2v) is 10.6. The Labute approximate surface area is 321 Å².